The predicted molar refractivity (Wildman–Crippen MR) is 64.1 cm³/mol. The van der Waals surface area contributed by atoms with Crippen molar-refractivity contribution >= 4 is 0 Å². The van der Waals surface area contributed by atoms with Crippen molar-refractivity contribution in [2.45, 2.75) is 46.5 Å². The first-order chi connectivity index (χ1) is 7.88. The van der Waals surface area contributed by atoms with Crippen LogP contribution in [0.25, 0.3) is 0 Å². The number of nitrogens with zero attached hydrogens (tertiary/aromatic N) is 2. The summed E-state index contributed by atoms with van der Waals surface area (Å²) in [4.78, 5) is 11.9. The molecule has 0 bridgehead atoms. The molecule has 0 aromatic carbocycles. The maximum atomic E-state index is 11.9. The van der Waals surface area contributed by atoms with Crippen molar-refractivity contribution in [3.05, 3.63) is 33.1 Å². The molecule has 5 nitrogen and oxygen atoms in total. The van der Waals surface area contributed by atoms with Crippen LogP contribution in [0.1, 0.15) is 51.4 Å². The summed E-state index contributed by atoms with van der Waals surface area (Å²) in [5.41, 5.74) is -0.152. The SMILES string of the molecule is CCC(C)c1c[n+]([O-])c(CC(C)C)c(=O)n1O. The van der Waals surface area contributed by atoms with Crippen molar-refractivity contribution in [2.75, 3.05) is 0 Å². The molecule has 0 radical (unpaired) electrons. The Hall–Kier alpha value is -1.52. The zero-order valence-corrected chi connectivity index (χ0v) is 10.8. The van der Waals surface area contributed by atoms with Crippen LogP contribution in [0.4, 0.5) is 0 Å². The monoisotopic (exact) mass is 240 g/mol. The second-order valence-electron chi connectivity index (χ2n) is 4.85. The van der Waals surface area contributed by atoms with Gasteiger partial charge in [-0.05, 0) is 12.3 Å². The van der Waals surface area contributed by atoms with Gasteiger partial charge in [-0.1, -0.05) is 27.7 Å². The first kappa shape index (κ1) is 13.5. The van der Waals surface area contributed by atoms with Gasteiger partial charge in [0.05, 0.1) is 0 Å². The summed E-state index contributed by atoms with van der Waals surface area (Å²) in [6.45, 7) is 7.64. The normalized spacial score (nSPS) is 13.0. The summed E-state index contributed by atoms with van der Waals surface area (Å²) in [5.74, 6) is 0.165. The third kappa shape index (κ3) is 2.78. The van der Waals surface area contributed by atoms with E-state index in [9.17, 15) is 15.2 Å². The third-order valence-electron chi connectivity index (χ3n) is 2.92. The van der Waals surface area contributed by atoms with Crippen LogP contribution >= 0.6 is 0 Å². The molecule has 1 atom stereocenters. The molecule has 1 unspecified atom stereocenters. The van der Waals surface area contributed by atoms with Gasteiger partial charge >= 0.3 is 5.56 Å². The van der Waals surface area contributed by atoms with Crippen LogP contribution < -0.4 is 10.3 Å². The lowest BCUT2D eigenvalue weighted by Gasteiger charge is -2.13. The van der Waals surface area contributed by atoms with E-state index in [1.807, 2.05) is 27.7 Å². The Kier molecular flexibility index (Phi) is 4.15. The molecule has 0 spiro atoms. The second kappa shape index (κ2) is 5.21. The highest BCUT2D eigenvalue weighted by molar-refractivity contribution is 5.04. The Bertz CT molecular complexity index is 452. The average Bonchev–Trinajstić information content (AvgIpc) is 2.28. The summed E-state index contributed by atoms with van der Waals surface area (Å²) in [5, 5.41) is 21.5. The van der Waals surface area contributed by atoms with Crippen molar-refractivity contribution in [1.82, 2.24) is 4.73 Å². The van der Waals surface area contributed by atoms with Gasteiger partial charge in [-0.25, -0.2) is 0 Å². The highest BCUT2D eigenvalue weighted by atomic mass is 16.5. The summed E-state index contributed by atoms with van der Waals surface area (Å²) in [6.07, 6.45) is 2.42. The van der Waals surface area contributed by atoms with Crippen LogP contribution in [0, 0.1) is 11.1 Å². The molecule has 0 amide bonds. The van der Waals surface area contributed by atoms with Gasteiger partial charge in [-0.3, -0.25) is 4.79 Å². The maximum Gasteiger partial charge on any atom is 0.351 e. The van der Waals surface area contributed by atoms with Crippen LogP contribution in [-0.4, -0.2) is 9.94 Å². The quantitative estimate of drug-likeness (QED) is 0.491. The second-order valence-corrected chi connectivity index (χ2v) is 4.85. The number of aromatic nitrogens is 2. The van der Waals surface area contributed by atoms with Crippen LogP contribution in [-0.2, 0) is 6.42 Å². The third-order valence-corrected chi connectivity index (χ3v) is 2.92. The molecule has 5 heteroatoms. The lowest BCUT2D eigenvalue weighted by Crippen LogP contribution is -2.44. The zero-order chi connectivity index (χ0) is 13.2. The fraction of sp³-hybridized carbons (Fsp3) is 0.667. The van der Waals surface area contributed by atoms with Crippen molar-refractivity contribution in [3.63, 3.8) is 0 Å². The molecule has 0 aliphatic carbocycles. The Balaban J connectivity index is 3.32. The van der Waals surface area contributed by atoms with E-state index < -0.39 is 5.56 Å². The van der Waals surface area contributed by atoms with Crippen molar-refractivity contribution in [2.24, 2.45) is 5.92 Å². The van der Waals surface area contributed by atoms with Gasteiger partial charge < -0.3 is 10.4 Å². The van der Waals surface area contributed by atoms with Crippen molar-refractivity contribution in [1.29, 1.82) is 0 Å². The summed E-state index contributed by atoms with van der Waals surface area (Å²) in [7, 11) is 0. The lowest BCUT2D eigenvalue weighted by molar-refractivity contribution is -0.617. The van der Waals surface area contributed by atoms with Crippen LogP contribution in [0.2, 0.25) is 0 Å². The highest BCUT2D eigenvalue weighted by Crippen LogP contribution is 2.15. The Labute approximate surface area is 101 Å². The fourth-order valence-corrected chi connectivity index (χ4v) is 1.70. The minimum atomic E-state index is -0.605. The van der Waals surface area contributed by atoms with E-state index in [1.54, 1.807) is 0 Å². The van der Waals surface area contributed by atoms with Gasteiger partial charge in [0.1, 0.15) is 5.69 Å². The van der Waals surface area contributed by atoms with Crippen LogP contribution in [0.3, 0.4) is 0 Å². The average molecular weight is 240 g/mol. The molecule has 1 aromatic heterocycles. The number of rotatable bonds is 4. The van der Waals surface area contributed by atoms with E-state index >= 15 is 0 Å². The topological polar surface area (TPSA) is 69.2 Å². The summed E-state index contributed by atoms with van der Waals surface area (Å²) < 4.78 is 1.21. The molecule has 0 saturated heterocycles. The van der Waals surface area contributed by atoms with Gasteiger partial charge in [0.2, 0.25) is 6.20 Å². The van der Waals surface area contributed by atoms with Crippen molar-refractivity contribution in [3.8, 4) is 0 Å². The number of hydrogen-bond donors (Lipinski definition) is 1. The van der Waals surface area contributed by atoms with E-state index in [4.69, 9.17) is 0 Å². The molecule has 96 valence electrons. The van der Waals surface area contributed by atoms with Crippen molar-refractivity contribution < 1.29 is 9.94 Å². The van der Waals surface area contributed by atoms with Gasteiger partial charge in [-0.15, -0.1) is 4.73 Å². The van der Waals surface area contributed by atoms with Gasteiger partial charge in [0, 0.05) is 12.3 Å². The fourth-order valence-electron chi connectivity index (χ4n) is 1.70. The van der Waals surface area contributed by atoms with Crippen LogP contribution in [0.5, 0.6) is 0 Å². The predicted octanol–water partition coefficient (Wildman–Crippen LogP) is 1.43. The summed E-state index contributed by atoms with van der Waals surface area (Å²) >= 11 is 0. The van der Waals surface area contributed by atoms with E-state index in [2.05, 4.69) is 0 Å². The van der Waals surface area contributed by atoms with E-state index in [1.165, 1.54) is 6.20 Å². The molecule has 0 fully saturated rings. The highest BCUT2D eigenvalue weighted by Gasteiger charge is 2.21. The zero-order valence-electron chi connectivity index (χ0n) is 10.8. The molecule has 1 N–H and O–H groups in total. The van der Waals surface area contributed by atoms with Gasteiger partial charge in [-0.2, -0.15) is 4.73 Å². The standard InChI is InChI=1S/C12H20N2O3/c1-5-9(4)11-7-13(16)10(6-8(2)3)12(15)14(11)17/h7-9,17H,5-6H2,1-4H3. The van der Waals surface area contributed by atoms with Gasteiger partial charge in [0.25, 0.3) is 5.69 Å². The van der Waals surface area contributed by atoms with Crippen LogP contribution in [0.15, 0.2) is 11.0 Å². The molecule has 0 saturated carbocycles. The smallest absolute Gasteiger partial charge is 0.351 e. The molecular formula is C12H20N2O3. The lowest BCUT2D eigenvalue weighted by atomic mass is 10.0. The first-order valence-electron chi connectivity index (χ1n) is 5.95. The summed E-state index contributed by atoms with van der Waals surface area (Å²) in [6, 6.07) is 0. The molecule has 1 heterocycles. The molecule has 0 aliphatic heterocycles. The molecular weight excluding hydrogens is 220 g/mol. The van der Waals surface area contributed by atoms with Gasteiger partial charge in [0.15, 0.2) is 0 Å². The van der Waals surface area contributed by atoms with E-state index in [0.717, 1.165) is 6.42 Å². The maximum absolute atomic E-state index is 11.9. The Morgan fingerprint density at radius 2 is 2.06 bits per heavy atom. The molecule has 17 heavy (non-hydrogen) atoms. The molecule has 1 rings (SSSR count). The molecule has 0 aliphatic rings. The minimum Gasteiger partial charge on any atom is -0.618 e. The number of hydrogen-bond acceptors (Lipinski definition) is 3. The largest absolute Gasteiger partial charge is 0.618 e. The Morgan fingerprint density at radius 1 is 1.47 bits per heavy atom. The minimum absolute atomic E-state index is 0.0269. The van der Waals surface area contributed by atoms with E-state index in [0.29, 0.717) is 21.6 Å². The van der Waals surface area contributed by atoms with E-state index in [-0.39, 0.29) is 17.5 Å². The molecule has 1 aromatic rings. The Morgan fingerprint density at radius 3 is 2.53 bits per heavy atom. The first-order valence-corrected chi connectivity index (χ1v) is 5.95.